The van der Waals surface area contributed by atoms with Gasteiger partial charge in [-0.1, -0.05) is 6.92 Å². The van der Waals surface area contributed by atoms with Gasteiger partial charge >= 0.3 is 0 Å². The highest BCUT2D eigenvalue weighted by Gasteiger charge is 2.23. The molecule has 2 aromatic heterocycles. The van der Waals surface area contributed by atoms with Gasteiger partial charge < -0.3 is 5.73 Å². The Hall–Kier alpha value is -0.800. The zero-order chi connectivity index (χ0) is 15.6. The number of nitrogens with two attached hydrogens (primary N) is 1. The predicted molar refractivity (Wildman–Crippen MR) is 87.2 cm³/mol. The molecule has 3 N–H and O–H groups in total. The Labute approximate surface area is 133 Å². The lowest BCUT2D eigenvalue weighted by Gasteiger charge is -2.11. The smallest absolute Gasteiger partial charge is 0.242 e. The van der Waals surface area contributed by atoms with E-state index in [0.717, 1.165) is 26.1 Å². The standard InChI is InChI=1S/C13H19N3O2S3/c1-4-10-7-15-13(20-10)8(2)16-21(17,18)12-5-11(6-14)19-9(12)3/h5,7-8,16H,4,6,14H2,1-3H3. The zero-order valence-corrected chi connectivity index (χ0v) is 14.7. The van der Waals surface area contributed by atoms with E-state index in [4.69, 9.17) is 5.73 Å². The molecular weight excluding hydrogens is 326 g/mol. The summed E-state index contributed by atoms with van der Waals surface area (Å²) in [6.07, 6.45) is 2.70. The Morgan fingerprint density at radius 3 is 2.62 bits per heavy atom. The van der Waals surface area contributed by atoms with Gasteiger partial charge in [-0.05, 0) is 26.3 Å². The maximum atomic E-state index is 12.5. The van der Waals surface area contributed by atoms with Crippen molar-refractivity contribution in [3.05, 3.63) is 31.9 Å². The summed E-state index contributed by atoms with van der Waals surface area (Å²) in [4.78, 5) is 7.36. The first-order valence-corrected chi connectivity index (χ1v) is 9.75. The van der Waals surface area contributed by atoms with Crippen LogP contribution in [-0.4, -0.2) is 13.4 Å². The van der Waals surface area contributed by atoms with Crippen LogP contribution in [0, 0.1) is 6.92 Å². The average molecular weight is 346 g/mol. The first-order chi connectivity index (χ1) is 9.87. The molecule has 0 spiro atoms. The molecule has 21 heavy (non-hydrogen) atoms. The first kappa shape index (κ1) is 16.6. The van der Waals surface area contributed by atoms with Crippen LogP contribution in [0.1, 0.15) is 39.5 Å². The molecule has 1 unspecified atom stereocenters. The average Bonchev–Trinajstić information content (AvgIpc) is 3.04. The van der Waals surface area contributed by atoms with Crippen molar-refractivity contribution in [1.82, 2.24) is 9.71 Å². The predicted octanol–water partition coefficient (Wildman–Crippen LogP) is 2.57. The molecule has 0 saturated carbocycles. The third-order valence-corrected chi connectivity index (χ3v) is 7.23. The SMILES string of the molecule is CCc1cnc(C(C)NS(=O)(=O)c2cc(CN)sc2C)s1. The van der Waals surface area contributed by atoms with Crippen LogP contribution in [0.3, 0.4) is 0 Å². The molecule has 0 radical (unpaired) electrons. The number of rotatable bonds is 6. The highest BCUT2D eigenvalue weighted by molar-refractivity contribution is 7.89. The van der Waals surface area contributed by atoms with Crippen LogP contribution in [0.15, 0.2) is 17.2 Å². The van der Waals surface area contributed by atoms with Crippen molar-refractivity contribution in [1.29, 1.82) is 0 Å². The summed E-state index contributed by atoms with van der Waals surface area (Å²) in [5.41, 5.74) is 5.57. The Morgan fingerprint density at radius 1 is 1.38 bits per heavy atom. The molecule has 0 aliphatic heterocycles. The lowest BCUT2D eigenvalue weighted by Crippen LogP contribution is -2.27. The van der Waals surface area contributed by atoms with E-state index in [1.54, 1.807) is 26.1 Å². The Balaban J connectivity index is 2.21. The second-order valence-corrected chi connectivity index (χ2v) is 8.87. The van der Waals surface area contributed by atoms with Crippen LogP contribution >= 0.6 is 22.7 Å². The Morgan fingerprint density at radius 2 is 2.10 bits per heavy atom. The minimum absolute atomic E-state index is 0.312. The van der Waals surface area contributed by atoms with E-state index in [1.807, 2.05) is 0 Å². The fraction of sp³-hybridized carbons (Fsp3) is 0.462. The van der Waals surface area contributed by atoms with Crippen molar-refractivity contribution in [2.75, 3.05) is 0 Å². The van der Waals surface area contributed by atoms with E-state index >= 15 is 0 Å². The van der Waals surface area contributed by atoms with Crippen LogP contribution in [0.2, 0.25) is 0 Å². The van der Waals surface area contributed by atoms with Gasteiger partial charge in [0.25, 0.3) is 0 Å². The lowest BCUT2D eigenvalue weighted by molar-refractivity contribution is 0.566. The third kappa shape index (κ3) is 3.70. The Bertz CT molecular complexity index is 719. The van der Waals surface area contributed by atoms with Gasteiger partial charge in [0.1, 0.15) is 5.01 Å². The van der Waals surface area contributed by atoms with Crippen LogP contribution in [-0.2, 0) is 23.0 Å². The van der Waals surface area contributed by atoms with E-state index < -0.39 is 10.0 Å². The monoisotopic (exact) mass is 345 g/mol. The summed E-state index contributed by atoms with van der Waals surface area (Å²) < 4.78 is 27.6. The fourth-order valence-electron chi connectivity index (χ4n) is 1.92. The number of hydrogen-bond acceptors (Lipinski definition) is 6. The summed E-state index contributed by atoms with van der Waals surface area (Å²) in [6.45, 7) is 6.00. The van der Waals surface area contributed by atoms with Crippen LogP contribution in [0.5, 0.6) is 0 Å². The molecule has 8 heteroatoms. The molecule has 2 aromatic rings. The van der Waals surface area contributed by atoms with Gasteiger partial charge in [-0.3, -0.25) is 0 Å². The van der Waals surface area contributed by atoms with Crippen molar-refractivity contribution in [3.63, 3.8) is 0 Å². The van der Waals surface area contributed by atoms with Gasteiger partial charge in [-0.2, -0.15) is 0 Å². The molecule has 0 aliphatic rings. The van der Waals surface area contributed by atoms with Gasteiger partial charge in [-0.15, -0.1) is 22.7 Å². The number of nitrogens with one attached hydrogen (secondary N) is 1. The number of thiazole rings is 1. The van der Waals surface area contributed by atoms with Crippen LogP contribution in [0.4, 0.5) is 0 Å². The topological polar surface area (TPSA) is 85.1 Å². The van der Waals surface area contributed by atoms with Gasteiger partial charge in [-0.25, -0.2) is 18.1 Å². The highest BCUT2D eigenvalue weighted by Crippen LogP contribution is 2.27. The molecule has 1 atom stereocenters. The molecule has 0 fully saturated rings. The molecule has 0 aromatic carbocycles. The maximum absolute atomic E-state index is 12.5. The number of aryl methyl sites for hydroxylation is 2. The summed E-state index contributed by atoms with van der Waals surface area (Å²) >= 11 is 2.95. The lowest BCUT2D eigenvalue weighted by atomic mass is 10.4. The van der Waals surface area contributed by atoms with Gasteiger partial charge in [0.15, 0.2) is 0 Å². The molecule has 2 heterocycles. The number of sulfonamides is 1. The normalized spacial score (nSPS) is 13.5. The Kier molecular flexibility index (Phi) is 5.15. The maximum Gasteiger partial charge on any atom is 0.242 e. The van der Waals surface area contributed by atoms with Crippen molar-refractivity contribution >= 4 is 32.7 Å². The van der Waals surface area contributed by atoms with Crippen LogP contribution in [0.25, 0.3) is 0 Å². The van der Waals surface area contributed by atoms with E-state index in [1.165, 1.54) is 22.7 Å². The molecule has 0 amide bonds. The minimum Gasteiger partial charge on any atom is -0.326 e. The summed E-state index contributed by atoms with van der Waals surface area (Å²) in [5, 5.41) is 0.780. The van der Waals surface area contributed by atoms with E-state index in [0.29, 0.717) is 11.4 Å². The summed E-state index contributed by atoms with van der Waals surface area (Å²) in [6, 6.07) is 1.30. The molecule has 0 bridgehead atoms. The first-order valence-electron chi connectivity index (χ1n) is 6.63. The van der Waals surface area contributed by atoms with Crippen molar-refractivity contribution in [3.8, 4) is 0 Å². The molecule has 0 aliphatic carbocycles. The van der Waals surface area contributed by atoms with Gasteiger partial charge in [0, 0.05) is 27.4 Å². The van der Waals surface area contributed by atoms with E-state index in [9.17, 15) is 8.42 Å². The zero-order valence-electron chi connectivity index (χ0n) is 12.2. The van der Waals surface area contributed by atoms with Gasteiger partial charge in [0.2, 0.25) is 10.0 Å². The van der Waals surface area contributed by atoms with Crippen LogP contribution < -0.4 is 10.5 Å². The number of hydrogen-bond donors (Lipinski definition) is 2. The van der Waals surface area contributed by atoms with Crippen molar-refractivity contribution < 1.29 is 8.42 Å². The molecule has 5 nitrogen and oxygen atoms in total. The number of nitrogens with zero attached hydrogens (tertiary/aromatic N) is 1. The highest BCUT2D eigenvalue weighted by atomic mass is 32.2. The number of thiophene rings is 1. The summed E-state index contributed by atoms with van der Waals surface area (Å²) in [5.74, 6) is 0. The second kappa shape index (κ2) is 6.53. The second-order valence-electron chi connectivity index (χ2n) is 4.70. The quantitative estimate of drug-likeness (QED) is 0.842. The number of aromatic nitrogens is 1. The summed E-state index contributed by atoms with van der Waals surface area (Å²) in [7, 11) is -3.55. The molecular formula is C13H19N3O2S3. The van der Waals surface area contributed by atoms with Gasteiger partial charge in [0.05, 0.1) is 10.9 Å². The molecule has 0 saturated heterocycles. The molecule has 2 rings (SSSR count). The minimum atomic E-state index is -3.55. The van der Waals surface area contributed by atoms with Crippen molar-refractivity contribution in [2.24, 2.45) is 5.73 Å². The largest absolute Gasteiger partial charge is 0.326 e. The fourth-order valence-corrected chi connectivity index (χ4v) is 5.58. The van der Waals surface area contributed by atoms with E-state index in [2.05, 4.69) is 16.6 Å². The van der Waals surface area contributed by atoms with E-state index in [-0.39, 0.29) is 6.04 Å². The van der Waals surface area contributed by atoms with Crippen molar-refractivity contribution in [2.45, 2.75) is 44.7 Å². The molecule has 116 valence electrons. The third-order valence-electron chi connectivity index (χ3n) is 3.04.